The summed E-state index contributed by atoms with van der Waals surface area (Å²) in [6.07, 6.45) is 1.45. The summed E-state index contributed by atoms with van der Waals surface area (Å²) in [7, 11) is 1.29. The maximum atomic E-state index is 11.5. The molecule has 1 aliphatic heterocycles. The van der Waals surface area contributed by atoms with Gasteiger partial charge in [0.25, 0.3) is 0 Å². The number of esters is 1. The molecule has 0 radical (unpaired) electrons. The lowest BCUT2D eigenvalue weighted by atomic mass is 10.2. The molecule has 0 amide bonds. The molecule has 1 unspecified atom stereocenters. The Morgan fingerprint density at radius 1 is 1.58 bits per heavy atom. The quantitative estimate of drug-likeness (QED) is 0.779. The maximum Gasteiger partial charge on any atom is 0.338 e. The number of hydrogen-bond acceptors (Lipinski definition) is 6. The Kier molecular flexibility index (Phi) is 3.96. The number of aromatic nitrogens is 1. The van der Waals surface area contributed by atoms with Crippen molar-refractivity contribution in [2.75, 3.05) is 31.8 Å². The van der Waals surface area contributed by atoms with Gasteiger partial charge in [0.2, 0.25) is 0 Å². The predicted octanol–water partition coefficient (Wildman–Crippen LogP) is 0.158. The van der Waals surface area contributed by atoms with Crippen molar-refractivity contribution in [1.82, 2.24) is 4.98 Å². The number of morpholine rings is 1. The molecule has 1 atom stereocenters. The fraction of sp³-hybridized carbons (Fsp3) is 0.417. The summed E-state index contributed by atoms with van der Waals surface area (Å²) in [5.41, 5.74) is 0.336. The first-order valence-corrected chi connectivity index (χ1v) is 5.75. The highest BCUT2D eigenvalue weighted by atomic mass is 16.5. The molecule has 1 N–H and O–H groups in total. The summed E-state index contributed by atoms with van der Waals surface area (Å²) in [5.74, 6) is -1.03. The molecule has 2 heterocycles. The van der Waals surface area contributed by atoms with E-state index < -0.39 is 18.0 Å². The molecule has 1 saturated heterocycles. The Labute approximate surface area is 109 Å². The highest BCUT2D eigenvalue weighted by Gasteiger charge is 2.30. The van der Waals surface area contributed by atoms with E-state index in [9.17, 15) is 9.59 Å². The van der Waals surface area contributed by atoms with Gasteiger partial charge in [-0.3, -0.25) is 0 Å². The lowest BCUT2D eigenvalue weighted by Crippen LogP contribution is -2.50. The third-order valence-corrected chi connectivity index (χ3v) is 2.87. The van der Waals surface area contributed by atoms with Crippen LogP contribution in [0.5, 0.6) is 0 Å². The highest BCUT2D eigenvalue weighted by Crippen LogP contribution is 2.19. The second-order valence-electron chi connectivity index (χ2n) is 4.02. The van der Waals surface area contributed by atoms with Crippen LogP contribution in [0.2, 0.25) is 0 Å². The van der Waals surface area contributed by atoms with Crippen LogP contribution >= 0.6 is 0 Å². The molecule has 102 valence electrons. The number of aliphatic carboxylic acids is 1. The van der Waals surface area contributed by atoms with E-state index in [1.54, 1.807) is 4.90 Å². The smallest absolute Gasteiger partial charge is 0.338 e. The fourth-order valence-corrected chi connectivity index (χ4v) is 1.90. The standard InChI is InChI=1S/C12H14N2O5/c1-18-12(17)8-2-3-13-10(6-8)14-4-5-19-7-9(14)11(15)16/h2-3,6,9H,4-5,7H2,1H3,(H,15,16). The van der Waals surface area contributed by atoms with Gasteiger partial charge in [-0.05, 0) is 12.1 Å². The van der Waals surface area contributed by atoms with Crippen molar-refractivity contribution in [2.45, 2.75) is 6.04 Å². The molecule has 0 aromatic carbocycles. The van der Waals surface area contributed by atoms with Gasteiger partial charge in [0.05, 0.1) is 25.9 Å². The zero-order chi connectivity index (χ0) is 13.8. The first-order valence-electron chi connectivity index (χ1n) is 5.75. The first-order chi connectivity index (χ1) is 9.13. The molecular formula is C12H14N2O5. The van der Waals surface area contributed by atoms with E-state index in [0.29, 0.717) is 24.5 Å². The summed E-state index contributed by atoms with van der Waals surface area (Å²) in [4.78, 5) is 28.3. The number of carboxylic acid groups (broad SMARTS) is 1. The van der Waals surface area contributed by atoms with Crippen molar-refractivity contribution >= 4 is 17.8 Å². The van der Waals surface area contributed by atoms with Gasteiger partial charge in [0.1, 0.15) is 5.82 Å². The van der Waals surface area contributed by atoms with Gasteiger partial charge in [0, 0.05) is 12.7 Å². The SMILES string of the molecule is COC(=O)c1ccnc(N2CCOCC2C(=O)O)c1. The normalized spacial score (nSPS) is 19.0. The third-order valence-electron chi connectivity index (χ3n) is 2.87. The Morgan fingerprint density at radius 2 is 2.37 bits per heavy atom. The van der Waals surface area contributed by atoms with Crippen molar-refractivity contribution in [3.05, 3.63) is 23.9 Å². The lowest BCUT2D eigenvalue weighted by molar-refractivity contribution is -0.141. The van der Waals surface area contributed by atoms with Crippen LogP contribution in [-0.4, -0.2) is 54.9 Å². The topological polar surface area (TPSA) is 89.0 Å². The number of methoxy groups -OCH3 is 1. The Morgan fingerprint density at radius 3 is 3.05 bits per heavy atom. The molecule has 1 aromatic rings. The average molecular weight is 266 g/mol. The number of carbonyl (C=O) groups excluding carboxylic acids is 1. The minimum absolute atomic E-state index is 0.0967. The number of rotatable bonds is 3. The number of hydrogen-bond donors (Lipinski definition) is 1. The van der Waals surface area contributed by atoms with Crippen LogP contribution in [0.1, 0.15) is 10.4 Å². The molecule has 7 nitrogen and oxygen atoms in total. The number of ether oxygens (including phenoxy) is 2. The molecule has 1 aliphatic rings. The molecule has 0 aliphatic carbocycles. The van der Waals surface area contributed by atoms with Gasteiger partial charge < -0.3 is 19.5 Å². The Bertz CT molecular complexity index is 491. The molecule has 0 saturated carbocycles. The number of anilines is 1. The van der Waals surface area contributed by atoms with E-state index in [-0.39, 0.29) is 6.61 Å². The van der Waals surface area contributed by atoms with Crippen molar-refractivity contribution in [3.63, 3.8) is 0 Å². The van der Waals surface area contributed by atoms with E-state index in [2.05, 4.69) is 9.72 Å². The monoisotopic (exact) mass is 266 g/mol. The van der Waals surface area contributed by atoms with E-state index >= 15 is 0 Å². The predicted molar refractivity (Wildman–Crippen MR) is 65.2 cm³/mol. The number of carbonyl (C=O) groups is 2. The van der Waals surface area contributed by atoms with Crippen molar-refractivity contribution in [3.8, 4) is 0 Å². The number of nitrogens with zero attached hydrogens (tertiary/aromatic N) is 2. The molecule has 2 rings (SSSR count). The van der Waals surface area contributed by atoms with Crippen molar-refractivity contribution < 1.29 is 24.2 Å². The van der Waals surface area contributed by atoms with Crippen LogP contribution in [0.25, 0.3) is 0 Å². The van der Waals surface area contributed by atoms with E-state index in [1.807, 2.05) is 0 Å². The highest BCUT2D eigenvalue weighted by molar-refractivity contribution is 5.90. The maximum absolute atomic E-state index is 11.5. The summed E-state index contributed by atoms with van der Waals surface area (Å²) in [6, 6.07) is 2.24. The summed E-state index contributed by atoms with van der Waals surface area (Å²) in [6.45, 7) is 0.933. The van der Waals surface area contributed by atoms with Gasteiger partial charge >= 0.3 is 11.9 Å². The molecule has 0 spiro atoms. The molecule has 7 heteroatoms. The van der Waals surface area contributed by atoms with E-state index in [0.717, 1.165) is 0 Å². The van der Waals surface area contributed by atoms with Crippen LogP contribution in [-0.2, 0) is 14.3 Å². The average Bonchev–Trinajstić information content (AvgIpc) is 2.46. The number of pyridine rings is 1. The van der Waals surface area contributed by atoms with Crippen LogP contribution in [0.15, 0.2) is 18.3 Å². The van der Waals surface area contributed by atoms with Gasteiger partial charge in [-0.15, -0.1) is 0 Å². The van der Waals surface area contributed by atoms with Crippen LogP contribution < -0.4 is 4.90 Å². The van der Waals surface area contributed by atoms with Gasteiger partial charge in [0.15, 0.2) is 6.04 Å². The van der Waals surface area contributed by atoms with Gasteiger partial charge in [-0.25, -0.2) is 14.6 Å². The van der Waals surface area contributed by atoms with E-state index in [4.69, 9.17) is 9.84 Å². The zero-order valence-corrected chi connectivity index (χ0v) is 10.4. The molecule has 1 aromatic heterocycles. The minimum atomic E-state index is -0.982. The zero-order valence-electron chi connectivity index (χ0n) is 10.4. The Balaban J connectivity index is 2.29. The molecule has 19 heavy (non-hydrogen) atoms. The lowest BCUT2D eigenvalue weighted by Gasteiger charge is -2.33. The van der Waals surface area contributed by atoms with E-state index in [1.165, 1.54) is 25.4 Å². The summed E-state index contributed by atoms with van der Waals surface area (Å²) in [5, 5.41) is 9.15. The second kappa shape index (κ2) is 5.66. The van der Waals surface area contributed by atoms with Gasteiger partial charge in [-0.1, -0.05) is 0 Å². The number of carboxylic acids is 1. The molecule has 1 fully saturated rings. The Hall–Kier alpha value is -2.15. The van der Waals surface area contributed by atoms with Crippen LogP contribution in [0, 0.1) is 0 Å². The summed E-state index contributed by atoms with van der Waals surface area (Å²) >= 11 is 0. The summed E-state index contributed by atoms with van der Waals surface area (Å²) < 4.78 is 9.78. The largest absolute Gasteiger partial charge is 0.480 e. The first kappa shape index (κ1) is 13.3. The minimum Gasteiger partial charge on any atom is -0.480 e. The molecular weight excluding hydrogens is 252 g/mol. The molecule has 0 bridgehead atoms. The van der Waals surface area contributed by atoms with Crippen LogP contribution in [0.4, 0.5) is 5.82 Å². The van der Waals surface area contributed by atoms with Gasteiger partial charge in [-0.2, -0.15) is 0 Å². The van der Waals surface area contributed by atoms with Crippen molar-refractivity contribution in [1.29, 1.82) is 0 Å². The second-order valence-corrected chi connectivity index (χ2v) is 4.02. The fourth-order valence-electron chi connectivity index (χ4n) is 1.90. The van der Waals surface area contributed by atoms with Crippen LogP contribution in [0.3, 0.4) is 0 Å². The van der Waals surface area contributed by atoms with Crippen molar-refractivity contribution in [2.24, 2.45) is 0 Å². The third kappa shape index (κ3) is 2.82.